The van der Waals surface area contributed by atoms with Gasteiger partial charge >= 0.3 is 0 Å². The molecule has 1 aromatic rings. The van der Waals surface area contributed by atoms with Crippen LogP contribution >= 0.6 is 11.6 Å². The number of amides is 1. The van der Waals surface area contributed by atoms with E-state index >= 15 is 0 Å². The number of carbonyl (C=O) groups excluding carboxylic acids is 1. The molecule has 1 amide bonds. The molecule has 1 saturated heterocycles. The number of hydrogen-bond acceptors (Lipinski definition) is 2. The first-order valence-electron chi connectivity index (χ1n) is 6.94. The van der Waals surface area contributed by atoms with Crippen LogP contribution in [-0.4, -0.2) is 36.5 Å². The van der Waals surface area contributed by atoms with Gasteiger partial charge in [-0.2, -0.15) is 0 Å². The third-order valence-electron chi connectivity index (χ3n) is 4.07. The number of carbonyl (C=O) groups is 1. The van der Waals surface area contributed by atoms with Gasteiger partial charge in [-0.3, -0.25) is 4.79 Å². The fraction of sp³-hybridized carbons (Fsp3) is 0.438. The number of nitrogens with zero attached hydrogens (tertiary/aromatic N) is 1. The molecule has 2 rings (SSSR count). The van der Waals surface area contributed by atoms with E-state index in [0.29, 0.717) is 5.02 Å². The highest BCUT2D eigenvalue weighted by atomic mass is 35.5. The van der Waals surface area contributed by atoms with Gasteiger partial charge in [-0.05, 0) is 50.6 Å². The smallest absolute Gasteiger partial charge is 0.246 e. The van der Waals surface area contributed by atoms with Gasteiger partial charge in [0.05, 0.1) is 0 Å². The van der Waals surface area contributed by atoms with Crippen molar-refractivity contribution < 1.29 is 4.79 Å². The largest absolute Gasteiger partial charge is 0.339 e. The lowest BCUT2D eigenvalue weighted by atomic mass is 9.90. The van der Waals surface area contributed by atoms with E-state index in [1.54, 1.807) is 6.08 Å². The maximum atomic E-state index is 12.1. The van der Waals surface area contributed by atoms with Crippen molar-refractivity contribution in [2.45, 2.75) is 25.3 Å². The lowest BCUT2D eigenvalue weighted by Crippen LogP contribution is -2.51. The Hall–Kier alpha value is -1.32. The van der Waals surface area contributed by atoms with Crippen LogP contribution in [0.5, 0.6) is 0 Å². The first-order chi connectivity index (χ1) is 9.52. The van der Waals surface area contributed by atoms with Crippen molar-refractivity contribution in [2.75, 3.05) is 20.1 Å². The summed E-state index contributed by atoms with van der Waals surface area (Å²) < 4.78 is 0. The molecular formula is C16H21ClN2O. The molecule has 0 bridgehead atoms. The summed E-state index contributed by atoms with van der Waals surface area (Å²) in [4.78, 5) is 14.0. The summed E-state index contributed by atoms with van der Waals surface area (Å²) in [5.41, 5.74) is 1.15. The minimum absolute atomic E-state index is 0.0816. The van der Waals surface area contributed by atoms with Crippen LogP contribution in [0.3, 0.4) is 0 Å². The van der Waals surface area contributed by atoms with E-state index in [-0.39, 0.29) is 11.4 Å². The van der Waals surface area contributed by atoms with E-state index in [9.17, 15) is 4.79 Å². The molecule has 1 aliphatic heterocycles. The number of hydrogen-bond donors (Lipinski definition) is 1. The topological polar surface area (TPSA) is 32.3 Å². The second-order valence-corrected chi connectivity index (χ2v) is 5.96. The van der Waals surface area contributed by atoms with E-state index in [4.69, 9.17) is 11.6 Å². The van der Waals surface area contributed by atoms with Crippen LogP contribution in [0.4, 0.5) is 0 Å². The third-order valence-corrected chi connectivity index (χ3v) is 4.32. The predicted molar refractivity (Wildman–Crippen MR) is 83.8 cm³/mol. The Morgan fingerprint density at radius 3 is 2.45 bits per heavy atom. The molecule has 0 spiro atoms. The molecule has 108 valence electrons. The molecule has 0 atom stereocenters. The molecule has 1 aromatic carbocycles. The van der Waals surface area contributed by atoms with Crippen LogP contribution in [-0.2, 0) is 4.79 Å². The van der Waals surface area contributed by atoms with Gasteiger partial charge in [0.1, 0.15) is 0 Å². The predicted octanol–water partition coefficient (Wildman–Crippen LogP) is 2.95. The molecule has 0 radical (unpaired) electrons. The van der Waals surface area contributed by atoms with Gasteiger partial charge in [0, 0.05) is 29.7 Å². The molecule has 0 unspecified atom stereocenters. The van der Waals surface area contributed by atoms with Crippen molar-refractivity contribution in [3.05, 3.63) is 40.9 Å². The Labute approximate surface area is 125 Å². The third kappa shape index (κ3) is 3.84. The van der Waals surface area contributed by atoms with Crippen LogP contribution in [0.1, 0.15) is 25.3 Å². The molecule has 0 aromatic heterocycles. The minimum atomic E-state index is 0.0816. The Balaban J connectivity index is 1.91. The van der Waals surface area contributed by atoms with Gasteiger partial charge in [0.15, 0.2) is 0 Å². The SMILES string of the molecule is CNC1(C)CCN(C(=O)/C=C/c2ccc(Cl)cc2)CC1. The zero-order chi connectivity index (χ0) is 14.6. The van der Waals surface area contributed by atoms with Crippen molar-refractivity contribution in [1.29, 1.82) is 0 Å². The standard InChI is InChI=1S/C16H21ClN2O/c1-16(18-2)9-11-19(12-10-16)15(20)8-5-13-3-6-14(17)7-4-13/h3-8,18H,9-12H2,1-2H3/b8-5+. The fourth-order valence-electron chi connectivity index (χ4n) is 2.32. The lowest BCUT2D eigenvalue weighted by Gasteiger charge is -2.38. The number of halogens is 1. The molecule has 1 heterocycles. The molecule has 1 N–H and O–H groups in total. The zero-order valence-electron chi connectivity index (χ0n) is 12.0. The Morgan fingerprint density at radius 1 is 1.30 bits per heavy atom. The molecule has 4 heteroatoms. The Kier molecular flexibility index (Phi) is 4.84. The number of rotatable bonds is 3. The second kappa shape index (κ2) is 6.42. The molecule has 0 aliphatic carbocycles. The van der Waals surface area contributed by atoms with E-state index in [1.807, 2.05) is 42.3 Å². The monoisotopic (exact) mass is 292 g/mol. The van der Waals surface area contributed by atoms with E-state index < -0.39 is 0 Å². The Bertz CT molecular complexity index is 488. The Morgan fingerprint density at radius 2 is 1.90 bits per heavy atom. The van der Waals surface area contributed by atoms with Crippen molar-refractivity contribution in [1.82, 2.24) is 10.2 Å². The van der Waals surface area contributed by atoms with E-state index in [1.165, 1.54) is 0 Å². The van der Waals surface area contributed by atoms with Gasteiger partial charge < -0.3 is 10.2 Å². The zero-order valence-corrected chi connectivity index (χ0v) is 12.8. The summed E-state index contributed by atoms with van der Waals surface area (Å²) in [7, 11) is 1.98. The van der Waals surface area contributed by atoms with Crippen molar-refractivity contribution in [3.8, 4) is 0 Å². The summed E-state index contributed by atoms with van der Waals surface area (Å²) in [6.07, 6.45) is 5.46. The molecule has 20 heavy (non-hydrogen) atoms. The van der Waals surface area contributed by atoms with Gasteiger partial charge in [-0.25, -0.2) is 0 Å². The molecule has 0 saturated carbocycles. The number of nitrogens with one attached hydrogen (secondary N) is 1. The van der Waals surface area contributed by atoms with Crippen LogP contribution in [0.2, 0.25) is 5.02 Å². The number of likely N-dealkylation sites (tertiary alicyclic amines) is 1. The molecule has 1 fully saturated rings. The minimum Gasteiger partial charge on any atom is -0.339 e. The van der Waals surface area contributed by atoms with Crippen molar-refractivity contribution >= 4 is 23.6 Å². The van der Waals surface area contributed by atoms with Gasteiger partial charge in [-0.15, -0.1) is 0 Å². The van der Waals surface area contributed by atoms with Crippen LogP contribution in [0.25, 0.3) is 6.08 Å². The summed E-state index contributed by atoms with van der Waals surface area (Å²) in [6, 6.07) is 7.46. The summed E-state index contributed by atoms with van der Waals surface area (Å²) in [5, 5.41) is 4.04. The summed E-state index contributed by atoms with van der Waals surface area (Å²) in [6.45, 7) is 3.82. The average molecular weight is 293 g/mol. The molecular weight excluding hydrogens is 272 g/mol. The fourth-order valence-corrected chi connectivity index (χ4v) is 2.44. The van der Waals surface area contributed by atoms with E-state index in [0.717, 1.165) is 31.5 Å². The highest BCUT2D eigenvalue weighted by Gasteiger charge is 2.29. The summed E-state index contributed by atoms with van der Waals surface area (Å²) >= 11 is 5.83. The van der Waals surface area contributed by atoms with Gasteiger partial charge in [-0.1, -0.05) is 23.7 Å². The highest BCUT2D eigenvalue weighted by Crippen LogP contribution is 2.21. The second-order valence-electron chi connectivity index (χ2n) is 5.52. The highest BCUT2D eigenvalue weighted by molar-refractivity contribution is 6.30. The normalized spacial score (nSPS) is 18.4. The maximum Gasteiger partial charge on any atom is 0.246 e. The van der Waals surface area contributed by atoms with Crippen LogP contribution in [0, 0.1) is 0 Å². The number of piperidine rings is 1. The van der Waals surface area contributed by atoms with E-state index in [2.05, 4.69) is 12.2 Å². The van der Waals surface area contributed by atoms with Crippen LogP contribution < -0.4 is 5.32 Å². The van der Waals surface area contributed by atoms with Gasteiger partial charge in [0.25, 0.3) is 0 Å². The lowest BCUT2D eigenvalue weighted by molar-refractivity contribution is -0.127. The van der Waals surface area contributed by atoms with Crippen LogP contribution in [0.15, 0.2) is 30.3 Å². The molecule has 1 aliphatic rings. The van der Waals surface area contributed by atoms with Crippen molar-refractivity contribution in [3.63, 3.8) is 0 Å². The maximum absolute atomic E-state index is 12.1. The average Bonchev–Trinajstić information content (AvgIpc) is 2.47. The molecule has 3 nitrogen and oxygen atoms in total. The van der Waals surface area contributed by atoms with Crippen molar-refractivity contribution in [2.24, 2.45) is 0 Å². The van der Waals surface area contributed by atoms with Gasteiger partial charge in [0.2, 0.25) is 5.91 Å². The summed E-state index contributed by atoms with van der Waals surface area (Å²) in [5.74, 6) is 0.0816. The quantitative estimate of drug-likeness (QED) is 0.869. The number of benzene rings is 1. The first kappa shape index (κ1) is 15.1. The first-order valence-corrected chi connectivity index (χ1v) is 7.32.